The van der Waals surface area contributed by atoms with Gasteiger partial charge in [0.25, 0.3) is 0 Å². The molecule has 0 atom stereocenters. The summed E-state index contributed by atoms with van der Waals surface area (Å²) in [5.41, 5.74) is 3.29. The van der Waals surface area contributed by atoms with Gasteiger partial charge in [0.1, 0.15) is 0 Å². The van der Waals surface area contributed by atoms with E-state index in [1.165, 1.54) is 0 Å². The first-order chi connectivity index (χ1) is 3.35. The molecule has 0 aromatic carbocycles. The second-order valence-electron chi connectivity index (χ2n) is 1.09. The summed E-state index contributed by atoms with van der Waals surface area (Å²) in [7, 11) is 0. The van der Waals surface area contributed by atoms with Crippen LogP contribution < -0.4 is 11.3 Å². The van der Waals surface area contributed by atoms with Gasteiger partial charge >= 0.3 is 0 Å². The van der Waals surface area contributed by atoms with Crippen LogP contribution in [0, 0.1) is 0 Å². The molecule has 0 fully saturated rings. The van der Waals surface area contributed by atoms with Gasteiger partial charge in [-0.3, -0.25) is 5.84 Å². The van der Waals surface area contributed by atoms with E-state index in [0.29, 0.717) is 0 Å². The number of nitrogens with one attached hydrogen (secondary N) is 1. The van der Waals surface area contributed by atoms with Crippen LogP contribution in [-0.2, 0) is 0 Å². The molecule has 0 aliphatic rings. The van der Waals surface area contributed by atoms with Gasteiger partial charge in [0, 0.05) is 5.70 Å². The van der Waals surface area contributed by atoms with Crippen molar-refractivity contribution in [3.05, 3.63) is 24.4 Å². The van der Waals surface area contributed by atoms with Crippen molar-refractivity contribution in [1.29, 1.82) is 0 Å². The fourth-order valence-electron chi connectivity index (χ4n) is 0.260. The minimum absolute atomic E-state index is 0.847. The van der Waals surface area contributed by atoms with Crippen molar-refractivity contribution in [2.24, 2.45) is 5.84 Å². The first kappa shape index (κ1) is 6.24. The van der Waals surface area contributed by atoms with Crippen LogP contribution in [-0.4, -0.2) is 0 Å². The van der Waals surface area contributed by atoms with Crippen LogP contribution in [0.25, 0.3) is 0 Å². The molecule has 0 saturated heterocycles. The molecule has 0 spiro atoms. The van der Waals surface area contributed by atoms with E-state index in [0.717, 1.165) is 5.70 Å². The van der Waals surface area contributed by atoms with Crippen molar-refractivity contribution in [3.63, 3.8) is 0 Å². The lowest BCUT2D eigenvalue weighted by Crippen LogP contribution is -2.19. The summed E-state index contributed by atoms with van der Waals surface area (Å²) in [6, 6.07) is 0. The highest BCUT2D eigenvalue weighted by Crippen LogP contribution is 1.82. The second kappa shape index (κ2) is 3.43. The molecule has 7 heavy (non-hydrogen) atoms. The van der Waals surface area contributed by atoms with Crippen molar-refractivity contribution in [2.45, 2.75) is 6.92 Å². The quantitative estimate of drug-likeness (QED) is 0.300. The average molecular weight is 98.1 g/mol. The predicted molar refractivity (Wildman–Crippen MR) is 31.3 cm³/mol. The first-order valence-corrected chi connectivity index (χ1v) is 2.10. The van der Waals surface area contributed by atoms with Crippen molar-refractivity contribution < 1.29 is 0 Å². The molecule has 0 aromatic heterocycles. The highest BCUT2D eigenvalue weighted by atomic mass is 15.2. The zero-order chi connectivity index (χ0) is 5.70. The number of rotatable bonds is 2. The van der Waals surface area contributed by atoms with Gasteiger partial charge in [-0.1, -0.05) is 12.7 Å². The van der Waals surface area contributed by atoms with Gasteiger partial charge in [0.2, 0.25) is 0 Å². The molecule has 0 aromatic rings. The van der Waals surface area contributed by atoms with Crippen molar-refractivity contribution in [3.8, 4) is 0 Å². The van der Waals surface area contributed by atoms with Gasteiger partial charge < -0.3 is 5.43 Å². The Morgan fingerprint density at radius 3 is 2.43 bits per heavy atom. The Morgan fingerprint density at radius 1 is 1.86 bits per heavy atom. The SMILES string of the molecule is C=C/C(=C\C)NN. The molecule has 0 amide bonds. The minimum atomic E-state index is 0.847. The summed E-state index contributed by atoms with van der Waals surface area (Å²) in [5.74, 6) is 5.00. The lowest BCUT2D eigenvalue weighted by molar-refractivity contribution is 0.914. The average Bonchev–Trinajstić information content (AvgIpc) is 1.72. The molecule has 0 bridgehead atoms. The van der Waals surface area contributed by atoms with Gasteiger partial charge in [-0.05, 0) is 13.0 Å². The summed E-state index contributed by atoms with van der Waals surface area (Å²) in [6.45, 7) is 5.38. The summed E-state index contributed by atoms with van der Waals surface area (Å²) in [5, 5.41) is 0. The largest absolute Gasteiger partial charge is 0.325 e. The molecule has 2 heteroatoms. The standard InChI is InChI=1S/C5H10N2/c1-3-5(4-2)7-6/h3-4,7H,1,6H2,2H3/b5-4+. The maximum atomic E-state index is 5.00. The fraction of sp³-hybridized carbons (Fsp3) is 0.200. The van der Waals surface area contributed by atoms with Crippen molar-refractivity contribution in [1.82, 2.24) is 5.43 Å². The Morgan fingerprint density at radius 2 is 2.43 bits per heavy atom. The third-order valence-corrected chi connectivity index (χ3v) is 0.698. The van der Waals surface area contributed by atoms with Gasteiger partial charge in [0.15, 0.2) is 0 Å². The Balaban J connectivity index is 3.60. The summed E-state index contributed by atoms with van der Waals surface area (Å²) >= 11 is 0. The molecule has 2 nitrogen and oxygen atoms in total. The molecule has 0 heterocycles. The van der Waals surface area contributed by atoms with Crippen LogP contribution in [0.1, 0.15) is 6.92 Å². The normalized spacial score (nSPS) is 10.9. The van der Waals surface area contributed by atoms with E-state index < -0.39 is 0 Å². The van der Waals surface area contributed by atoms with Crippen molar-refractivity contribution >= 4 is 0 Å². The number of nitrogens with two attached hydrogens (primary N) is 1. The van der Waals surface area contributed by atoms with Gasteiger partial charge in [-0.25, -0.2) is 0 Å². The van der Waals surface area contributed by atoms with E-state index in [4.69, 9.17) is 5.84 Å². The Hall–Kier alpha value is -0.760. The monoisotopic (exact) mass is 98.1 g/mol. The lowest BCUT2D eigenvalue weighted by Gasteiger charge is -1.93. The Kier molecular flexibility index (Phi) is 3.06. The van der Waals surface area contributed by atoms with E-state index in [9.17, 15) is 0 Å². The molecule has 0 aliphatic carbocycles. The third kappa shape index (κ3) is 2.00. The topological polar surface area (TPSA) is 38.0 Å². The summed E-state index contributed by atoms with van der Waals surface area (Å²) in [6.07, 6.45) is 3.49. The van der Waals surface area contributed by atoms with E-state index in [2.05, 4.69) is 12.0 Å². The van der Waals surface area contributed by atoms with E-state index in [1.54, 1.807) is 6.08 Å². The van der Waals surface area contributed by atoms with E-state index in [-0.39, 0.29) is 0 Å². The maximum Gasteiger partial charge on any atom is 0.0436 e. The molecular formula is C5H10N2. The van der Waals surface area contributed by atoms with Crippen LogP contribution in [0.2, 0.25) is 0 Å². The van der Waals surface area contributed by atoms with Crippen molar-refractivity contribution in [2.75, 3.05) is 0 Å². The van der Waals surface area contributed by atoms with Gasteiger partial charge in [-0.2, -0.15) is 0 Å². The van der Waals surface area contributed by atoms with Crippen LogP contribution in [0.5, 0.6) is 0 Å². The number of hydrazine groups is 1. The number of allylic oxidation sites excluding steroid dienone is 2. The summed E-state index contributed by atoms with van der Waals surface area (Å²) in [4.78, 5) is 0. The Bertz CT molecular complexity index is 84.1. The lowest BCUT2D eigenvalue weighted by atomic mass is 10.4. The molecule has 0 radical (unpaired) electrons. The second-order valence-corrected chi connectivity index (χ2v) is 1.09. The highest BCUT2D eigenvalue weighted by molar-refractivity contribution is 5.10. The van der Waals surface area contributed by atoms with E-state index in [1.807, 2.05) is 13.0 Å². The van der Waals surface area contributed by atoms with E-state index >= 15 is 0 Å². The molecule has 40 valence electrons. The molecule has 0 aliphatic heterocycles. The molecule has 3 N–H and O–H groups in total. The summed E-state index contributed by atoms with van der Waals surface area (Å²) < 4.78 is 0. The smallest absolute Gasteiger partial charge is 0.0436 e. The maximum absolute atomic E-state index is 5.00. The number of hydrogen-bond donors (Lipinski definition) is 2. The van der Waals surface area contributed by atoms with Crippen LogP contribution in [0.3, 0.4) is 0 Å². The molecule has 0 unspecified atom stereocenters. The fourth-order valence-corrected chi connectivity index (χ4v) is 0.260. The molecular weight excluding hydrogens is 88.1 g/mol. The van der Waals surface area contributed by atoms with Crippen LogP contribution in [0.15, 0.2) is 24.4 Å². The highest BCUT2D eigenvalue weighted by Gasteiger charge is 1.75. The molecule has 0 saturated carbocycles. The van der Waals surface area contributed by atoms with Crippen LogP contribution >= 0.6 is 0 Å². The van der Waals surface area contributed by atoms with Gasteiger partial charge in [0.05, 0.1) is 0 Å². The first-order valence-electron chi connectivity index (χ1n) is 2.10. The predicted octanol–water partition coefficient (Wildman–Crippen LogP) is 0.540. The third-order valence-electron chi connectivity index (χ3n) is 0.698. The minimum Gasteiger partial charge on any atom is -0.325 e. The molecule has 0 rings (SSSR count). The number of hydrogen-bond acceptors (Lipinski definition) is 2. The van der Waals surface area contributed by atoms with Gasteiger partial charge in [-0.15, -0.1) is 0 Å². The zero-order valence-corrected chi connectivity index (χ0v) is 4.44. The Labute approximate surface area is 43.7 Å². The zero-order valence-electron chi connectivity index (χ0n) is 4.44. The van der Waals surface area contributed by atoms with Crippen LogP contribution in [0.4, 0.5) is 0 Å².